The molecule has 0 aliphatic heterocycles. The number of hydrogen-bond donors (Lipinski definition) is 2. The molecule has 3 nitrogen and oxygen atoms in total. The molecule has 1 heterocycles. The van der Waals surface area contributed by atoms with Crippen molar-refractivity contribution in [2.75, 3.05) is 11.9 Å². The molecule has 0 atom stereocenters. The third-order valence-corrected chi connectivity index (χ3v) is 3.48. The Bertz CT molecular complexity index is 723. The van der Waals surface area contributed by atoms with Gasteiger partial charge in [0.2, 0.25) is 0 Å². The normalized spacial score (nSPS) is 10.7. The summed E-state index contributed by atoms with van der Waals surface area (Å²) in [6.07, 6.45) is 0.701. The van der Waals surface area contributed by atoms with Crippen molar-refractivity contribution in [3.05, 3.63) is 71.9 Å². The van der Waals surface area contributed by atoms with Gasteiger partial charge in [0, 0.05) is 17.7 Å². The minimum atomic E-state index is 0.188. The quantitative estimate of drug-likeness (QED) is 0.752. The molecule has 3 rings (SSSR count). The number of anilines is 1. The Labute approximate surface area is 124 Å². The lowest BCUT2D eigenvalue weighted by atomic mass is 10.1. The molecular formula is C18H18N2O. The topological polar surface area (TPSA) is 45.1 Å². The van der Waals surface area contributed by atoms with Gasteiger partial charge in [-0.3, -0.25) is 4.98 Å². The summed E-state index contributed by atoms with van der Waals surface area (Å²) in [5, 5.41) is 13.4. The molecule has 21 heavy (non-hydrogen) atoms. The first-order valence-corrected chi connectivity index (χ1v) is 7.13. The number of para-hydroxylation sites is 1. The average Bonchev–Trinajstić information content (AvgIpc) is 2.54. The molecule has 0 amide bonds. The first-order valence-electron chi connectivity index (χ1n) is 7.13. The van der Waals surface area contributed by atoms with Crippen molar-refractivity contribution < 1.29 is 5.11 Å². The van der Waals surface area contributed by atoms with Crippen molar-refractivity contribution in [3.8, 4) is 0 Å². The molecule has 0 aliphatic carbocycles. The number of rotatable bonds is 5. The van der Waals surface area contributed by atoms with Crippen LogP contribution >= 0.6 is 0 Å². The predicted molar refractivity (Wildman–Crippen MR) is 86.3 cm³/mol. The molecule has 0 spiro atoms. The van der Waals surface area contributed by atoms with E-state index in [2.05, 4.69) is 28.5 Å². The number of hydrogen-bond acceptors (Lipinski definition) is 3. The number of fused-ring (bicyclic) bond motifs is 1. The van der Waals surface area contributed by atoms with Crippen LogP contribution in [0.2, 0.25) is 0 Å². The SMILES string of the molecule is OCCc1ccc(NCc2ccc3ccccc3n2)cc1. The zero-order valence-electron chi connectivity index (χ0n) is 11.8. The Balaban J connectivity index is 1.68. The largest absolute Gasteiger partial charge is 0.396 e. The molecule has 2 N–H and O–H groups in total. The fraction of sp³-hybridized carbons (Fsp3) is 0.167. The number of pyridine rings is 1. The summed E-state index contributed by atoms with van der Waals surface area (Å²) in [4.78, 5) is 4.64. The van der Waals surface area contributed by atoms with Gasteiger partial charge in [-0.2, -0.15) is 0 Å². The smallest absolute Gasteiger partial charge is 0.0706 e. The minimum absolute atomic E-state index is 0.188. The third kappa shape index (κ3) is 3.38. The standard InChI is InChI=1S/C18H18N2O/c21-12-11-14-5-8-16(9-6-14)19-13-17-10-7-15-3-1-2-4-18(15)20-17/h1-10,19,21H,11-13H2. The maximum atomic E-state index is 8.90. The van der Waals surface area contributed by atoms with Crippen LogP contribution in [0.5, 0.6) is 0 Å². The molecule has 3 heteroatoms. The summed E-state index contributed by atoms with van der Waals surface area (Å²) >= 11 is 0. The van der Waals surface area contributed by atoms with Crippen LogP contribution in [0.3, 0.4) is 0 Å². The number of nitrogens with one attached hydrogen (secondary N) is 1. The molecule has 0 fully saturated rings. The number of aromatic nitrogens is 1. The van der Waals surface area contributed by atoms with Crippen LogP contribution in [0.4, 0.5) is 5.69 Å². The first kappa shape index (κ1) is 13.6. The van der Waals surface area contributed by atoms with Gasteiger partial charge in [-0.05, 0) is 36.2 Å². The van der Waals surface area contributed by atoms with E-state index in [1.165, 1.54) is 0 Å². The average molecular weight is 278 g/mol. The first-order chi connectivity index (χ1) is 10.3. The number of benzene rings is 2. The van der Waals surface area contributed by atoms with Crippen LogP contribution in [0.25, 0.3) is 10.9 Å². The summed E-state index contributed by atoms with van der Waals surface area (Å²) in [5.41, 5.74) is 4.25. The van der Waals surface area contributed by atoms with E-state index in [9.17, 15) is 0 Å². The van der Waals surface area contributed by atoms with E-state index in [1.54, 1.807) is 0 Å². The summed E-state index contributed by atoms with van der Waals surface area (Å²) in [7, 11) is 0. The highest BCUT2D eigenvalue weighted by atomic mass is 16.2. The van der Waals surface area contributed by atoms with Gasteiger partial charge in [-0.1, -0.05) is 36.4 Å². The van der Waals surface area contributed by atoms with Crippen molar-refractivity contribution >= 4 is 16.6 Å². The predicted octanol–water partition coefficient (Wildman–Crippen LogP) is 3.38. The van der Waals surface area contributed by atoms with Crippen molar-refractivity contribution in [3.63, 3.8) is 0 Å². The molecule has 2 aromatic carbocycles. The van der Waals surface area contributed by atoms with Crippen molar-refractivity contribution in [1.29, 1.82) is 0 Å². The summed E-state index contributed by atoms with van der Waals surface area (Å²) in [6.45, 7) is 0.887. The lowest BCUT2D eigenvalue weighted by Crippen LogP contribution is -2.02. The van der Waals surface area contributed by atoms with Crippen LogP contribution in [0.1, 0.15) is 11.3 Å². The van der Waals surface area contributed by atoms with Crippen LogP contribution in [-0.4, -0.2) is 16.7 Å². The lowest BCUT2D eigenvalue weighted by Gasteiger charge is -2.08. The van der Waals surface area contributed by atoms with Crippen molar-refractivity contribution in [2.45, 2.75) is 13.0 Å². The minimum Gasteiger partial charge on any atom is -0.396 e. The molecule has 0 radical (unpaired) electrons. The molecule has 0 unspecified atom stereocenters. The Morgan fingerprint density at radius 1 is 0.905 bits per heavy atom. The molecule has 3 aromatic rings. The highest BCUT2D eigenvalue weighted by Gasteiger charge is 1.99. The van der Waals surface area contributed by atoms with E-state index >= 15 is 0 Å². The monoisotopic (exact) mass is 278 g/mol. The summed E-state index contributed by atoms with van der Waals surface area (Å²) in [6, 6.07) is 20.4. The summed E-state index contributed by atoms with van der Waals surface area (Å²) in [5.74, 6) is 0. The van der Waals surface area contributed by atoms with Gasteiger partial charge in [0.05, 0.1) is 17.8 Å². The lowest BCUT2D eigenvalue weighted by molar-refractivity contribution is 0.299. The summed E-state index contributed by atoms with van der Waals surface area (Å²) < 4.78 is 0. The number of aliphatic hydroxyl groups excluding tert-OH is 1. The van der Waals surface area contributed by atoms with Crippen molar-refractivity contribution in [2.24, 2.45) is 0 Å². The maximum Gasteiger partial charge on any atom is 0.0706 e. The van der Waals surface area contributed by atoms with E-state index in [-0.39, 0.29) is 6.61 Å². The molecule has 0 saturated heterocycles. The maximum absolute atomic E-state index is 8.90. The Kier molecular flexibility index (Phi) is 4.12. The Morgan fingerprint density at radius 3 is 2.52 bits per heavy atom. The van der Waals surface area contributed by atoms with E-state index in [0.717, 1.165) is 27.8 Å². The van der Waals surface area contributed by atoms with Gasteiger partial charge in [-0.25, -0.2) is 0 Å². The zero-order valence-corrected chi connectivity index (χ0v) is 11.8. The Hall–Kier alpha value is -2.39. The molecular weight excluding hydrogens is 260 g/mol. The van der Waals surface area contributed by atoms with Gasteiger partial charge in [0.25, 0.3) is 0 Å². The Morgan fingerprint density at radius 2 is 1.71 bits per heavy atom. The fourth-order valence-corrected chi connectivity index (χ4v) is 2.32. The molecule has 106 valence electrons. The van der Waals surface area contributed by atoms with Gasteiger partial charge in [-0.15, -0.1) is 0 Å². The zero-order chi connectivity index (χ0) is 14.5. The third-order valence-electron chi connectivity index (χ3n) is 3.48. The van der Waals surface area contributed by atoms with Crippen molar-refractivity contribution in [1.82, 2.24) is 4.98 Å². The molecule has 0 saturated carbocycles. The van der Waals surface area contributed by atoms with Crippen LogP contribution in [0, 0.1) is 0 Å². The second kappa shape index (κ2) is 6.37. The molecule has 0 aliphatic rings. The van der Waals surface area contributed by atoms with E-state index in [1.807, 2.05) is 42.5 Å². The van der Waals surface area contributed by atoms with E-state index in [0.29, 0.717) is 13.0 Å². The molecule has 0 bridgehead atoms. The highest BCUT2D eigenvalue weighted by Crippen LogP contribution is 2.14. The van der Waals surface area contributed by atoms with Gasteiger partial charge < -0.3 is 10.4 Å². The van der Waals surface area contributed by atoms with E-state index in [4.69, 9.17) is 5.11 Å². The second-order valence-electron chi connectivity index (χ2n) is 5.02. The number of aliphatic hydroxyl groups is 1. The van der Waals surface area contributed by atoms with Gasteiger partial charge in [0.15, 0.2) is 0 Å². The van der Waals surface area contributed by atoms with Gasteiger partial charge in [0.1, 0.15) is 0 Å². The fourth-order valence-electron chi connectivity index (χ4n) is 2.32. The van der Waals surface area contributed by atoms with Crippen LogP contribution in [-0.2, 0) is 13.0 Å². The van der Waals surface area contributed by atoms with E-state index < -0.39 is 0 Å². The van der Waals surface area contributed by atoms with Gasteiger partial charge >= 0.3 is 0 Å². The van der Waals surface area contributed by atoms with Crippen LogP contribution in [0.15, 0.2) is 60.7 Å². The second-order valence-corrected chi connectivity index (χ2v) is 5.02. The molecule has 1 aromatic heterocycles. The highest BCUT2D eigenvalue weighted by molar-refractivity contribution is 5.78. The number of nitrogens with zero attached hydrogens (tertiary/aromatic N) is 1. The van der Waals surface area contributed by atoms with Crippen LogP contribution < -0.4 is 5.32 Å².